The van der Waals surface area contributed by atoms with Crippen molar-refractivity contribution in [1.82, 2.24) is 19.5 Å². The minimum atomic E-state index is -1.25. The Morgan fingerprint density at radius 1 is 1.20 bits per heavy atom. The van der Waals surface area contributed by atoms with Crippen molar-refractivity contribution in [2.45, 2.75) is 50.9 Å². The summed E-state index contributed by atoms with van der Waals surface area (Å²) in [7, 11) is 0. The summed E-state index contributed by atoms with van der Waals surface area (Å²) in [5.41, 5.74) is 0.239. The van der Waals surface area contributed by atoms with Gasteiger partial charge in [-0.15, -0.1) is 0 Å². The maximum Gasteiger partial charge on any atom is 0.167 e. The minimum absolute atomic E-state index is 0.139. The second kappa shape index (κ2) is 7.60. The Balaban J connectivity index is 1.59. The van der Waals surface area contributed by atoms with E-state index < -0.39 is 36.7 Å². The number of anilines is 1. The molecule has 11 heteroatoms. The average Bonchev–Trinajstić information content (AvgIpc) is 3.37. The highest BCUT2D eigenvalue weighted by Gasteiger charge is 2.44. The van der Waals surface area contributed by atoms with Crippen LogP contribution in [-0.4, -0.2) is 71.4 Å². The molecule has 0 bridgehead atoms. The fourth-order valence-corrected chi connectivity index (χ4v) is 3.79. The number of imidazole rings is 1. The van der Waals surface area contributed by atoms with Gasteiger partial charge in [0.1, 0.15) is 41.8 Å². The Morgan fingerprint density at radius 2 is 1.97 bits per heavy atom. The van der Waals surface area contributed by atoms with E-state index in [1.165, 1.54) is 17.2 Å². The van der Waals surface area contributed by atoms with Crippen molar-refractivity contribution in [3.05, 3.63) is 35.8 Å². The van der Waals surface area contributed by atoms with Crippen molar-refractivity contribution in [2.75, 3.05) is 18.5 Å². The van der Waals surface area contributed by atoms with E-state index in [0.29, 0.717) is 34.1 Å². The molecule has 4 heterocycles. The van der Waals surface area contributed by atoms with Crippen molar-refractivity contribution in [1.29, 1.82) is 0 Å². The highest BCUT2D eigenvalue weighted by atomic mass is 16.6. The van der Waals surface area contributed by atoms with Crippen LogP contribution in [0.3, 0.4) is 0 Å². The summed E-state index contributed by atoms with van der Waals surface area (Å²) >= 11 is 0. The van der Waals surface area contributed by atoms with E-state index in [-0.39, 0.29) is 6.54 Å². The standard InChI is InChI=1S/C19H25N5O6/c1-9-4-11(10(2)29-9)19(3,28)6-20-16-13-17(22-7-21-16)24(8-23-13)18-15(27)14(26)12(5-25)30-18/h4,7-8,12,14-15,18,25-28H,5-6H2,1-3H3,(H,20,21,22)/t12-,14-,15-,18-,19+/m1/s1. The quantitative estimate of drug-likeness (QED) is 0.367. The third-order valence-corrected chi connectivity index (χ3v) is 5.37. The topological polar surface area (TPSA) is 159 Å². The van der Waals surface area contributed by atoms with E-state index >= 15 is 0 Å². The smallest absolute Gasteiger partial charge is 0.167 e. The number of aliphatic hydroxyl groups excluding tert-OH is 3. The SMILES string of the molecule is Cc1cc([C@@](C)(O)CNc2ncnc3c2ncn3[C@@H]2O[C@H](CO)[C@@H](O)[C@H]2O)c(C)o1. The lowest BCUT2D eigenvalue weighted by atomic mass is 9.96. The lowest BCUT2D eigenvalue weighted by molar-refractivity contribution is -0.0511. The number of ether oxygens (including phenoxy) is 1. The van der Waals surface area contributed by atoms with Gasteiger partial charge in [-0.3, -0.25) is 4.57 Å². The zero-order valence-corrected chi connectivity index (χ0v) is 16.8. The third-order valence-electron chi connectivity index (χ3n) is 5.37. The maximum absolute atomic E-state index is 10.9. The fourth-order valence-electron chi connectivity index (χ4n) is 3.79. The molecular weight excluding hydrogens is 394 g/mol. The summed E-state index contributed by atoms with van der Waals surface area (Å²) in [6.45, 7) is 5.00. The number of fused-ring (bicyclic) bond motifs is 1. The number of furan rings is 1. The summed E-state index contributed by atoms with van der Waals surface area (Å²) in [6.07, 6.45) is -1.59. The van der Waals surface area contributed by atoms with Crippen LogP contribution >= 0.6 is 0 Å². The van der Waals surface area contributed by atoms with Gasteiger partial charge in [0.15, 0.2) is 23.2 Å². The van der Waals surface area contributed by atoms with Gasteiger partial charge in [-0.2, -0.15) is 0 Å². The fraction of sp³-hybridized carbons (Fsp3) is 0.526. The first kappa shape index (κ1) is 20.7. The van der Waals surface area contributed by atoms with Crippen LogP contribution in [0.15, 0.2) is 23.1 Å². The highest BCUT2D eigenvalue weighted by molar-refractivity contribution is 5.82. The molecule has 0 spiro atoms. The Kier molecular flexibility index (Phi) is 5.24. The highest BCUT2D eigenvalue weighted by Crippen LogP contribution is 2.32. The molecule has 0 radical (unpaired) electrons. The van der Waals surface area contributed by atoms with Crippen LogP contribution in [0.5, 0.6) is 0 Å². The van der Waals surface area contributed by atoms with E-state index in [2.05, 4.69) is 20.3 Å². The summed E-state index contributed by atoms with van der Waals surface area (Å²) in [4.78, 5) is 12.7. The van der Waals surface area contributed by atoms with Gasteiger partial charge >= 0.3 is 0 Å². The van der Waals surface area contributed by atoms with Crippen molar-refractivity contribution < 1.29 is 29.6 Å². The number of hydrogen-bond donors (Lipinski definition) is 5. The molecule has 5 atom stereocenters. The lowest BCUT2D eigenvalue weighted by Crippen LogP contribution is -2.33. The molecule has 0 amide bonds. The van der Waals surface area contributed by atoms with Gasteiger partial charge in [-0.05, 0) is 26.8 Å². The minimum Gasteiger partial charge on any atom is -0.466 e. The van der Waals surface area contributed by atoms with Gasteiger partial charge in [-0.25, -0.2) is 15.0 Å². The van der Waals surface area contributed by atoms with Gasteiger partial charge < -0.3 is 34.9 Å². The summed E-state index contributed by atoms with van der Waals surface area (Å²) in [6, 6.07) is 1.79. The second-order valence-electron chi connectivity index (χ2n) is 7.73. The Morgan fingerprint density at radius 3 is 2.60 bits per heavy atom. The average molecular weight is 419 g/mol. The first-order valence-corrected chi connectivity index (χ1v) is 9.56. The van der Waals surface area contributed by atoms with Crippen LogP contribution in [0, 0.1) is 13.8 Å². The van der Waals surface area contributed by atoms with Crippen LogP contribution < -0.4 is 5.32 Å². The molecule has 1 saturated heterocycles. The lowest BCUT2D eigenvalue weighted by Gasteiger charge is -2.23. The van der Waals surface area contributed by atoms with Crippen LogP contribution in [0.2, 0.25) is 0 Å². The molecule has 30 heavy (non-hydrogen) atoms. The molecule has 11 nitrogen and oxygen atoms in total. The number of rotatable bonds is 6. The molecule has 3 aromatic rings. The molecular formula is C19H25N5O6. The number of nitrogens with zero attached hydrogens (tertiary/aromatic N) is 4. The van der Waals surface area contributed by atoms with Crippen molar-refractivity contribution in [3.8, 4) is 0 Å². The molecule has 162 valence electrons. The van der Waals surface area contributed by atoms with Crippen molar-refractivity contribution in [2.24, 2.45) is 0 Å². The zero-order chi connectivity index (χ0) is 21.6. The van der Waals surface area contributed by atoms with E-state index in [1.807, 2.05) is 6.92 Å². The van der Waals surface area contributed by atoms with Crippen LogP contribution in [-0.2, 0) is 10.3 Å². The van der Waals surface area contributed by atoms with Gasteiger partial charge in [0.05, 0.1) is 12.9 Å². The number of nitrogens with one attached hydrogen (secondary N) is 1. The summed E-state index contributed by atoms with van der Waals surface area (Å²) in [5.74, 6) is 1.74. The number of aliphatic hydroxyl groups is 4. The molecule has 1 fully saturated rings. The largest absolute Gasteiger partial charge is 0.466 e. The number of aryl methyl sites for hydroxylation is 2. The molecule has 0 aliphatic carbocycles. The van der Waals surface area contributed by atoms with Crippen LogP contribution in [0.1, 0.15) is 30.2 Å². The normalized spacial score (nSPS) is 26.2. The summed E-state index contributed by atoms with van der Waals surface area (Å²) < 4.78 is 12.6. The van der Waals surface area contributed by atoms with Crippen LogP contribution in [0.25, 0.3) is 11.2 Å². The monoisotopic (exact) mass is 419 g/mol. The van der Waals surface area contributed by atoms with E-state index in [0.717, 1.165) is 0 Å². The number of aromatic nitrogens is 4. The Hall–Kier alpha value is -2.57. The molecule has 3 aromatic heterocycles. The molecule has 0 unspecified atom stereocenters. The van der Waals surface area contributed by atoms with Crippen molar-refractivity contribution in [3.63, 3.8) is 0 Å². The first-order valence-electron chi connectivity index (χ1n) is 9.56. The molecule has 5 N–H and O–H groups in total. The first-order chi connectivity index (χ1) is 14.2. The predicted molar refractivity (Wildman–Crippen MR) is 105 cm³/mol. The van der Waals surface area contributed by atoms with Crippen LogP contribution in [0.4, 0.5) is 5.82 Å². The molecule has 1 aliphatic rings. The number of hydrogen-bond acceptors (Lipinski definition) is 10. The van der Waals surface area contributed by atoms with Crippen molar-refractivity contribution >= 4 is 17.0 Å². The Bertz CT molecular complexity index is 1050. The predicted octanol–water partition coefficient (Wildman–Crippen LogP) is -0.0328. The van der Waals surface area contributed by atoms with E-state index in [4.69, 9.17) is 9.15 Å². The molecule has 0 aromatic carbocycles. The second-order valence-corrected chi connectivity index (χ2v) is 7.73. The van der Waals surface area contributed by atoms with Gasteiger partial charge in [-0.1, -0.05) is 0 Å². The van der Waals surface area contributed by atoms with Gasteiger partial charge in [0, 0.05) is 12.1 Å². The third kappa shape index (κ3) is 3.44. The molecule has 1 aliphatic heterocycles. The van der Waals surface area contributed by atoms with E-state index in [9.17, 15) is 20.4 Å². The van der Waals surface area contributed by atoms with Gasteiger partial charge in [0.25, 0.3) is 0 Å². The molecule has 4 rings (SSSR count). The summed E-state index contributed by atoms with van der Waals surface area (Å²) in [5, 5.41) is 43.6. The molecule has 0 saturated carbocycles. The zero-order valence-electron chi connectivity index (χ0n) is 16.8. The maximum atomic E-state index is 10.9. The van der Waals surface area contributed by atoms with Gasteiger partial charge in [0.2, 0.25) is 0 Å². The Labute approximate surface area is 172 Å². The van der Waals surface area contributed by atoms with E-state index in [1.54, 1.807) is 19.9 Å².